The second-order valence-corrected chi connectivity index (χ2v) is 5.96. The van der Waals surface area contributed by atoms with E-state index in [1.54, 1.807) is 12.1 Å². The first-order chi connectivity index (χ1) is 10.6. The zero-order chi connectivity index (χ0) is 15.7. The molecule has 2 aromatic rings. The highest BCUT2D eigenvalue weighted by Gasteiger charge is 2.33. The molecule has 1 amide bonds. The van der Waals surface area contributed by atoms with Crippen LogP contribution in [-0.4, -0.2) is 15.2 Å². The predicted molar refractivity (Wildman–Crippen MR) is 87.5 cm³/mol. The van der Waals surface area contributed by atoms with Crippen molar-refractivity contribution in [2.75, 3.05) is 4.90 Å². The monoisotopic (exact) mass is 332 g/mol. The number of hydrogen-bond donors (Lipinski definition) is 0. The Labute approximate surface area is 134 Å². The number of para-hydroxylation sites is 1. The first-order valence-electron chi connectivity index (χ1n) is 6.13. The summed E-state index contributed by atoms with van der Waals surface area (Å²) in [4.78, 5) is 24.2. The van der Waals surface area contributed by atoms with Crippen LogP contribution in [0.15, 0.2) is 51.8 Å². The number of rotatable bonds is 3. The number of nitro groups is 1. The maximum absolute atomic E-state index is 12.4. The van der Waals surface area contributed by atoms with Gasteiger partial charge in [-0.25, -0.2) is 0 Å². The number of furan rings is 1. The Bertz CT molecular complexity index is 798. The van der Waals surface area contributed by atoms with Gasteiger partial charge in [0.2, 0.25) is 0 Å². The Balaban J connectivity index is 1.90. The zero-order valence-corrected chi connectivity index (χ0v) is 12.6. The molecule has 1 aromatic heterocycles. The van der Waals surface area contributed by atoms with Gasteiger partial charge in [0.05, 0.1) is 16.7 Å². The van der Waals surface area contributed by atoms with Gasteiger partial charge in [0, 0.05) is 6.08 Å². The molecule has 8 heteroatoms. The molecule has 0 aliphatic carbocycles. The average Bonchev–Trinajstić information content (AvgIpc) is 3.06. The van der Waals surface area contributed by atoms with Crippen LogP contribution >= 0.6 is 24.0 Å². The minimum atomic E-state index is -0.632. The molecule has 0 unspecified atom stereocenters. The molecule has 1 fully saturated rings. The van der Waals surface area contributed by atoms with Crippen LogP contribution in [0.4, 0.5) is 11.6 Å². The van der Waals surface area contributed by atoms with E-state index in [0.29, 0.717) is 14.9 Å². The van der Waals surface area contributed by atoms with Crippen molar-refractivity contribution in [3.63, 3.8) is 0 Å². The number of thioether (sulfide) groups is 1. The van der Waals surface area contributed by atoms with E-state index in [-0.39, 0.29) is 17.6 Å². The van der Waals surface area contributed by atoms with Gasteiger partial charge in [-0.1, -0.05) is 42.2 Å². The number of amides is 1. The maximum atomic E-state index is 12.4. The molecule has 1 saturated heterocycles. The molecule has 0 radical (unpaired) electrons. The second-order valence-electron chi connectivity index (χ2n) is 4.29. The van der Waals surface area contributed by atoms with Gasteiger partial charge in [-0.15, -0.1) is 0 Å². The van der Waals surface area contributed by atoms with Gasteiger partial charge >= 0.3 is 5.88 Å². The number of anilines is 1. The SMILES string of the molecule is O=C1/C(=C/c2ccc([N+](=O)[O-])o2)SC(=S)N1c1ccccc1. The smallest absolute Gasteiger partial charge is 0.401 e. The summed E-state index contributed by atoms with van der Waals surface area (Å²) in [5.74, 6) is -0.412. The molecular weight excluding hydrogens is 324 g/mol. The fraction of sp³-hybridized carbons (Fsp3) is 0. The molecule has 6 nitrogen and oxygen atoms in total. The molecule has 22 heavy (non-hydrogen) atoms. The van der Waals surface area contributed by atoms with E-state index < -0.39 is 4.92 Å². The van der Waals surface area contributed by atoms with Crippen molar-refractivity contribution >= 4 is 51.9 Å². The molecule has 110 valence electrons. The molecule has 0 spiro atoms. The van der Waals surface area contributed by atoms with E-state index in [4.69, 9.17) is 16.6 Å². The first kappa shape index (κ1) is 14.5. The van der Waals surface area contributed by atoms with Crippen LogP contribution in [0, 0.1) is 10.1 Å². The Morgan fingerprint density at radius 1 is 1.23 bits per heavy atom. The number of thiocarbonyl (C=S) groups is 1. The van der Waals surface area contributed by atoms with Gasteiger partial charge in [-0.3, -0.25) is 19.8 Å². The summed E-state index contributed by atoms with van der Waals surface area (Å²) in [5, 5.41) is 10.6. The highest BCUT2D eigenvalue weighted by atomic mass is 32.2. The molecule has 0 N–H and O–H groups in total. The Morgan fingerprint density at radius 2 is 1.95 bits per heavy atom. The van der Waals surface area contributed by atoms with Crippen LogP contribution in [0.2, 0.25) is 0 Å². The largest absolute Gasteiger partial charge is 0.433 e. The number of carbonyl (C=O) groups is 1. The average molecular weight is 332 g/mol. The summed E-state index contributed by atoms with van der Waals surface area (Å²) >= 11 is 6.36. The minimum absolute atomic E-state index is 0.236. The van der Waals surface area contributed by atoms with Crippen molar-refractivity contribution in [3.8, 4) is 0 Å². The Hall–Kier alpha value is -2.45. The van der Waals surface area contributed by atoms with Crippen molar-refractivity contribution in [2.24, 2.45) is 0 Å². The summed E-state index contributed by atoms with van der Waals surface area (Å²) in [6, 6.07) is 11.7. The van der Waals surface area contributed by atoms with E-state index in [2.05, 4.69) is 0 Å². The van der Waals surface area contributed by atoms with Gasteiger partial charge in [0.25, 0.3) is 5.91 Å². The number of benzene rings is 1. The van der Waals surface area contributed by atoms with Crippen molar-refractivity contribution < 1.29 is 14.1 Å². The van der Waals surface area contributed by atoms with E-state index in [9.17, 15) is 14.9 Å². The van der Waals surface area contributed by atoms with Crippen LogP contribution in [0.25, 0.3) is 6.08 Å². The lowest BCUT2D eigenvalue weighted by molar-refractivity contribution is -0.402. The van der Waals surface area contributed by atoms with Crippen LogP contribution in [0.1, 0.15) is 5.76 Å². The van der Waals surface area contributed by atoms with Crippen molar-refractivity contribution in [3.05, 3.63) is 63.2 Å². The summed E-state index contributed by atoms with van der Waals surface area (Å²) in [7, 11) is 0. The third-order valence-electron chi connectivity index (χ3n) is 2.87. The lowest BCUT2D eigenvalue weighted by Crippen LogP contribution is -2.27. The summed E-state index contributed by atoms with van der Waals surface area (Å²) < 4.78 is 5.43. The number of carbonyl (C=O) groups excluding carboxylic acids is 1. The van der Waals surface area contributed by atoms with Gasteiger partial charge in [-0.05, 0) is 18.2 Å². The van der Waals surface area contributed by atoms with E-state index in [0.717, 1.165) is 11.8 Å². The summed E-state index contributed by atoms with van der Waals surface area (Å²) in [5.41, 5.74) is 0.679. The van der Waals surface area contributed by atoms with E-state index in [1.807, 2.05) is 18.2 Å². The summed E-state index contributed by atoms with van der Waals surface area (Å²) in [6.45, 7) is 0. The normalized spacial score (nSPS) is 16.5. The van der Waals surface area contributed by atoms with Crippen LogP contribution in [0.5, 0.6) is 0 Å². The molecule has 0 saturated carbocycles. The van der Waals surface area contributed by atoms with Gasteiger partial charge < -0.3 is 4.42 Å². The maximum Gasteiger partial charge on any atom is 0.433 e. The molecule has 1 aromatic carbocycles. The Morgan fingerprint density at radius 3 is 2.59 bits per heavy atom. The van der Waals surface area contributed by atoms with E-state index in [1.165, 1.54) is 23.1 Å². The second kappa shape index (κ2) is 5.74. The fourth-order valence-corrected chi connectivity index (χ4v) is 3.19. The Kier molecular flexibility index (Phi) is 3.78. The van der Waals surface area contributed by atoms with Crippen LogP contribution in [0.3, 0.4) is 0 Å². The molecule has 3 rings (SSSR count). The predicted octanol–water partition coefficient (Wildman–Crippen LogP) is 3.59. The lowest BCUT2D eigenvalue weighted by atomic mass is 10.3. The number of hydrogen-bond acceptors (Lipinski definition) is 6. The van der Waals surface area contributed by atoms with Gasteiger partial charge in [0.1, 0.15) is 10.7 Å². The zero-order valence-electron chi connectivity index (χ0n) is 11.0. The lowest BCUT2D eigenvalue weighted by Gasteiger charge is -2.13. The molecule has 2 heterocycles. The molecule has 1 aliphatic rings. The van der Waals surface area contributed by atoms with Crippen LogP contribution in [-0.2, 0) is 4.79 Å². The van der Waals surface area contributed by atoms with E-state index >= 15 is 0 Å². The van der Waals surface area contributed by atoms with Crippen molar-refractivity contribution in [1.82, 2.24) is 0 Å². The van der Waals surface area contributed by atoms with Crippen molar-refractivity contribution in [2.45, 2.75) is 0 Å². The topological polar surface area (TPSA) is 76.6 Å². The third kappa shape index (κ3) is 2.66. The standard InChI is InChI=1S/C14H8N2O4S2/c17-13-11(8-10-6-7-12(20-10)16(18)19)22-14(21)15(13)9-4-2-1-3-5-9/h1-8H/b11-8-. The van der Waals surface area contributed by atoms with Crippen LogP contribution < -0.4 is 4.90 Å². The third-order valence-corrected chi connectivity index (χ3v) is 4.18. The minimum Gasteiger partial charge on any atom is -0.401 e. The summed E-state index contributed by atoms with van der Waals surface area (Å²) in [6.07, 6.45) is 1.45. The highest BCUT2D eigenvalue weighted by molar-refractivity contribution is 8.27. The number of nitrogens with zero attached hydrogens (tertiary/aromatic N) is 2. The van der Waals surface area contributed by atoms with Crippen molar-refractivity contribution in [1.29, 1.82) is 0 Å². The van der Waals surface area contributed by atoms with Gasteiger partial charge in [-0.2, -0.15) is 0 Å². The highest BCUT2D eigenvalue weighted by Crippen LogP contribution is 2.36. The fourth-order valence-electron chi connectivity index (χ4n) is 1.91. The molecule has 0 atom stereocenters. The van der Waals surface area contributed by atoms with Gasteiger partial charge in [0.15, 0.2) is 4.32 Å². The quantitative estimate of drug-likeness (QED) is 0.370. The molecule has 0 bridgehead atoms. The first-order valence-corrected chi connectivity index (χ1v) is 7.36. The molecule has 1 aliphatic heterocycles. The molecular formula is C14H8N2O4S2.